The Balaban J connectivity index is 2.34. The second-order valence-corrected chi connectivity index (χ2v) is 4.81. The van der Waals surface area contributed by atoms with Crippen LogP contribution in [0.5, 0.6) is 0 Å². The van der Waals surface area contributed by atoms with Crippen molar-refractivity contribution in [1.82, 2.24) is 14.7 Å². The van der Waals surface area contributed by atoms with Gasteiger partial charge >= 0.3 is 6.18 Å². The fourth-order valence-electron chi connectivity index (χ4n) is 1.92. The molecule has 2 aromatic rings. The molecular formula is C14H14F3N3O. The first-order valence-electron chi connectivity index (χ1n) is 6.13. The highest BCUT2D eigenvalue weighted by Crippen LogP contribution is 2.31. The van der Waals surface area contributed by atoms with Crippen LogP contribution in [-0.4, -0.2) is 34.7 Å². The SMILES string of the molecule is CN(C)C(=O)c1ccc(-c2cc(C(F)(F)F)n(C)n2)cc1. The molecule has 1 heterocycles. The Hall–Kier alpha value is -2.31. The molecule has 0 aliphatic heterocycles. The summed E-state index contributed by atoms with van der Waals surface area (Å²) in [5, 5.41) is 3.86. The molecule has 112 valence electrons. The minimum Gasteiger partial charge on any atom is -0.345 e. The smallest absolute Gasteiger partial charge is 0.345 e. The molecule has 1 amide bonds. The van der Waals surface area contributed by atoms with E-state index in [2.05, 4.69) is 5.10 Å². The first-order chi connectivity index (χ1) is 9.70. The molecule has 0 atom stereocenters. The molecule has 0 fully saturated rings. The van der Waals surface area contributed by atoms with Gasteiger partial charge in [0.05, 0.1) is 5.69 Å². The average molecular weight is 297 g/mol. The van der Waals surface area contributed by atoms with E-state index < -0.39 is 11.9 Å². The second-order valence-electron chi connectivity index (χ2n) is 4.81. The zero-order valence-electron chi connectivity index (χ0n) is 11.8. The molecule has 0 saturated heterocycles. The van der Waals surface area contributed by atoms with Crippen molar-refractivity contribution >= 4 is 5.91 Å². The first-order valence-corrected chi connectivity index (χ1v) is 6.13. The van der Waals surface area contributed by atoms with Gasteiger partial charge in [-0.2, -0.15) is 18.3 Å². The van der Waals surface area contributed by atoms with Crippen LogP contribution in [0.2, 0.25) is 0 Å². The highest BCUT2D eigenvalue weighted by Gasteiger charge is 2.35. The first kappa shape index (κ1) is 15.1. The van der Waals surface area contributed by atoms with Crippen molar-refractivity contribution in [2.75, 3.05) is 14.1 Å². The van der Waals surface area contributed by atoms with Gasteiger partial charge in [0.25, 0.3) is 5.91 Å². The van der Waals surface area contributed by atoms with Crippen LogP contribution in [-0.2, 0) is 13.2 Å². The Labute approximate surface area is 119 Å². The van der Waals surface area contributed by atoms with Crippen molar-refractivity contribution in [2.24, 2.45) is 7.05 Å². The average Bonchev–Trinajstić information content (AvgIpc) is 2.80. The fraction of sp³-hybridized carbons (Fsp3) is 0.286. The summed E-state index contributed by atoms with van der Waals surface area (Å²) in [5.41, 5.74) is 0.395. The van der Waals surface area contributed by atoms with E-state index in [0.717, 1.165) is 10.7 Å². The van der Waals surface area contributed by atoms with Gasteiger partial charge in [0.2, 0.25) is 0 Å². The summed E-state index contributed by atoms with van der Waals surface area (Å²) >= 11 is 0. The van der Waals surface area contributed by atoms with Crippen LogP contribution in [0.4, 0.5) is 13.2 Å². The molecule has 0 aliphatic rings. The van der Waals surface area contributed by atoms with Gasteiger partial charge < -0.3 is 4.90 Å². The molecule has 1 aromatic carbocycles. The molecule has 4 nitrogen and oxygen atoms in total. The van der Waals surface area contributed by atoms with Gasteiger partial charge in [-0.05, 0) is 18.2 Å². The zero-order chi connectivity index (χ0) is 15.8. The fourth-order valence-corrected chi connectivity index (χ4v) is 1.92. The number of hydrogen-bond donors (Lipinski definition) is 0. The predicted octanol–water partition coefficient (Wildman–Crippen LogP) is 2.81. The molecule has 1 aromatic heterocycles. The van der Waals surface area contributed by atoms with Gasteiger partial charge in [0, 0.05) is 32.3 Å². The van der Waals surface area contributed by atoms with Crippen molar-refractivity contribution in [3.8, 4) is 11.3 Å². The summed E-state index contributed by atoms with van der Waals surface area (Å²) in [7, 11) is 4.51. The lowest BCUT2D eigenvalue weighted by Crippen LogP contribution is -2.21. The van der Waals surface area contributed by atoms with Crippen LogP contribution in [0.25, 0.3) is 11.3 Å². The Morgan fingerprint density at radius 2 is 1.76 bits per heavy atom. The lowest BCUT2D eigenvalue weighted by molar-refractivity contribution is -0.143. The number of alkyl halides is 3. The maximum absolute atomic E-state index is 12.7. The number of carbonyl (C=O) groups is 1. The molecule has 0 radical (unpaired) electrons. The van der Waals surface area contributed by atoms with E-state index in [4.69, 9.17) is 0 Å². The minimum atomic E-state index is -4.44. The number of aromatic nitrogens is 2. The van der Waals surface area contributed by atoms with Gasteiger partial charge in [0.15, 0.2) is 0 Å². The Morgan fingerprint density at radius 3 is 2.19 bits per heavy atom. The third-order valence-corrected chi connectivity index (χ3v) is 3.00. The highest BCUT2D eigenvalue weighted by molar-refractivity contribution is 5.94. The monoisotopic (exact) mass is 297 g/mol. The van der Waals surface area contributed by atoms with Crippen molar-refractivity contribution in [3.63, 3.8) is 0 Å². The lowest BCUT2D eigenvalue weighted by atomic mass is 10.1. The normalized spacial score (nSPS) is 11.5. The van der Waals surface area contributed by atoms with E-state index in [1.54, 1.807) is 38.4 Å². The van der Waals surface area contributed by atoms with Crippen LogP contribution in [0.3, 0.4) is 0 Å². The molecule has 0 bridgehead atoms. The van der Waals surface area contributed by atoms with E-state index in [1.165, 1.54) is 11.9 Å². The van der Waals surface area contributed by atoms with Gasteiger partial charge in [0.1, 0.15) is 5.69 Å². The van der Waals surface area contributed by atoms with E-state index in [1.807, 2.05) is 0 Å². The van der Waals surface area contributed by atoms with Crippen LogP contribution in [0.15, 0.2) is 30.3 Å². The van der Waals surface area contributed by atoms with E-state index in [0.29, 0.717) is 11.1 Å². The number of benzene rings is 1. The molecular weight excluding hydrogens is 283 g/mol. The molecule has 0 aliphatic carbocycles. The molecule has 2 rings (SSSR count). The summed E-state index contributed by atoms with van der Waals surface area (Å²) in [6.45, 7) is 0. The number of amides is 1. The summed E-state index contributed by atoms with van der Waals surface area (Å²) in [6, 6.07) is 7.29. The topological polar surface area (TPSA) is 38.1 Å². The third kappa shape index (κ3) is 3.07. The Morgan fingerprint density at radius 1 is 1.19 bits per heavy atom. The highest BCUT2D eigenvalue weighted by atomic mass is 19.4. The molecule has 0 saturated carbocycles. The van der Waals surface area contributed by atoms with Crippen molar-refractivity contribution < 1.29 is 18.0 Å². The quantitative estimate of drug-likeness (QED) is 0.855. The Kier molecular flexibility index (Phi) is 3.76. The van der Waals surface area contributed by atoms with Crippen molar-refractivity contribution in [3.05, 3.63) is 41.6 Å². The molecule has 0 spiro atoms. The number of rotatable bonds is 2. The van der Waals surface area contributed by atoms with Gasteiger partial charge in [-0.3, -0.25) is 9.48 Å². The maximum atomic E-state index is 12.7. The zero-order valence-corrected chi connectivity index (χ0v) is 11.8. The third-order valence-electron chi connectivity index (χ3n) is 3.00. The lowest BCUT2D eigenvalue weighted by Gasteiger charge is -2.10. The van der Waals surface area contributed by atoms with Crippen LogP contribution in [0, 0.1) is 0 Å². The van der Waals surface area contributed by atoms with E-state index in [9.17, 15) is 18.0 Å². The van der Waals surface area contributed by atoms with Crippen LogP contribution >= 0.6 is 0 Å². The number of carbonyl (C=O) groups excluding carboxylic acids is 1. The van der Waals surface area contributed by atoms with Gasteiger partial charge in [-0.1, -0.05) is 12.1 Å². The summed E-state index contributed by atoms with van der Waals surface area (Å²) < 4.78 is 39.0. The van der Waals surface area contributed by atoms with Crippen LogP contribution < -0.4 is 0 Å². The summed E-state index contributed by atoms with van der Waals surface area (Å²) in [4.78, 5) is 13.2. The van der Waals surface area contributed by atoms with Crippen molar-refractivity contribution in [1.29, 1.82) is 0 Å². The standard InChI is InChI=1S/C14H14F3N3O/c1-19(2)13(21)10-6-4-9(5-7-10)11-8-12(14(15,16)17)20(3)18-11/h4-8H,1-3H3. The van der Waals surface area contributed by atoms with Gasteiger partial charge in [-0.25, -0.2) is 0 Å². The van der Waals surface area contributed by atoms with Gasteiger partial charge in [-0.15, -0.1) is 0 Å². The molecule has 7 heteroatoms. The molecule has 0 N–H and O–H groups in total. The number of aryl methyl sites for hydroxylation is 1. The van der Waals surface area contributed by atoms with E-state index >= 15 is 0 Å². The van der Waals surface area contributed by atoms with Crippen LogP contribution in [0.1, 0.15) is 16.1 Å². The Bertz CT molecular complexity index is 657. The maximum Gasteiger partial charge on any atom is 0.433 e. The summed E-state index contributed by atoms with van der Waals surface area (Å²) in [5.74, 6) is -0.168. The number of halogens is 3. The summed E-state index contributed by atoms with van der Waals surface area (Å²) in [6.07, 6.45) is -4.44. The predicted molar refractivity (Wildman–Crippen MR) is 71.7 cm³/mol. The number of hydrogen-bond acceptors (Lipinski definition) is 2. The molecule has 21 heavy (non-hydrogen) atoms. The van der Waals surface area contributed by atoms with Crippen molar-refractivity contribution in [2.45, 2.75) is 6.18 Å². The molecule has 0 unspecified atom stereocenters. The largest absolute Gasteiger partial charge is 0.433 e. The van der Waals surface area contributed by atoms with E-state index in [-0.39, 0.29) is 11.6 Å². The second kappa shape index (κ2) is 5.23. The minimum absolute atomic E-state index is 0.168. The number of nitrogens with zero attached hydrogens (tertiary/aromatic N) is 3.